The molecule has 1 aromatic rings. The van der Waals surface area contributed by atoms with Crippen LogP contribution in [0.25, 0.3) is 0 Å². The summed E-state index contributed by atoms with van der Waals surface area (Å²) in [6.45, 7) is 15.2. The first kappa shape index (κ1) is 23.4. The fourth-order valence-electron chi connectivity index (χ4n) is 3.28. The van der Waals surface area contributed by atoms with Crippen LogP contribution in [0, 0.1) is 0 Å². The molecule has 1 aromatic carbocycles. The molecule has 1 atom stereocenters. The lowest BCUT2D eigenvalue weighted by Gasteiger charge is -2.34. The maximum absolute atomic E-state index is 5.55. The molecule has 0 spiro atoms. The number of rotatable bonds is 9. The summed E-state index contributed by atoms with van der Waals surface area (Å²) in [4.78, 5) is 7.35. The first-order valence-electron chi connectivity index (χ1n) is 10.7. The summed E-state index contributed by atoms with van der Waals surface area (Å²) in [5.74, 6) is 1.73. The third-order valence-corrected chi connectivity index (χ3v) is 4.83. The Hall–Kier alpha value is -1.83. The molecule has 7 nitrogen and oxygen atoms in total. The SMILES string of the molecule is CCNC(=NCC(c1ccc(OC)cc1)N1CCOCC1)NCCNC(C)(C)C. The summed E-state index contributed by atoms with van der Waals surface area (Å²) >= 11 is 0. The number of hydrogen-bond donors (Lipinski definition) is 3. The average molecular weight is 406 g/mol. The van der Waals surface area contributed by atoms with Gasteiger partial charge in [-0.1, -0.05) is 12.1 Å². The van der Waals surface area contributed by atoms with Gasteiger partial charge < -0.3 is 25.4 Å². The Bertz CT molecular complexity index is 607. The fraction of sp³-hybridized carbons (Fsp3) is 0.682. The van der Waals surface area contributed by atoms with Crippen molar-refractivity contribution in [1.82, 2.24) is 20.9 Å². The van der Waals surface area contributed by atoms with E-state index in [1.807, 2.05) is 12.1 Å². The van der Waals surface area contributed by atoms with Gasteiger partial charge in [0.05, 0.1) is 32.9 Å². The zero-order valence-corrected chi connectivity index (χ0v) is 18.8. The van der Waals surface area contributed by atoms with Crippen LogP contribution in [0.2, 0.25) is 0 Å². The third-order valence-electron chi connectivity index (χ3n) is 4.83. The molecule has 29 heavy (non-hydrogen) atoms. The van der Waals surface area contributed by atoms with Gasteiger partial charge in [0.15, 0.2) is 5.96 Å². The number of nitrogens with zero attached hydrogens (tertiary/aromatic N) is 2. The first-order chi connectivity index (χ1) is 13.9. The lowest BCUT2D eigenvalue weighted by atomic mass is 10.0. The van der Waals surface area contributed by atoms with Crippen molar-refractivity contribution in [2.24, 2.45) is 4.99 Å². The minimum Gasteiger partial charge on any atom is -0.497 e. The van der Waals surface area contributed by atoms with Crippen molar-refractivity contribution in [3.05, 3.63) is 29.8 Å². The van der Waals surface area contributed by atoms with Crippen molar-refractivity contribution >= 4 is 5.96 Å². The van der Waals surface area contributed by atoms with E-state index in [0.717, 1.165) is 57.6 Å². The zero-order valence-electron chi connectivity index (χ0n) is 18.8. The van der Waals surface area contributed by atoms with E-state index in [0.29, 0.717) is 6.54 Å². The normalized spacial score (nSPS) is 17.1. The molecule has 3 N–H and O–H groups in total. The number of methoxy groups -OCH3 is 1. The Labute approximate surface area is 176 Å². The van der Waals surface area contributed by atoms with Gasteiger partial charge in [-0.05, 0) is 45.4 Å². The summed E-state index contributed by atoms with van der Waals surface area (Å²) in [6, 6.07) is 8.54. The first-order valence-corrected chi connectivity index (χ1v) is 10.7. The predicted molar refractivity (Wildman–Crippen MR) is 120 cm³/mol. The summed E-state index contributed by atoms with van der Waals surface area (Å²) in [6.07, 6.45) is 0. The van der Waals surface area contributed by atoms with Gasteiger partial charge in [-0.2, -0.15) is 0 Å². The van der Waals surface area contributed by atoms with Gasteiger partial charge in [0.25, 0.3) is 0 Å². The average Bonchev–Trinajstić information content (AvgIpc) is 2.71. The highest BCUT2D eigenvalue weighted by Crippen LogP contribution is 2.24. The number of benzene rings is 1. The minimum absolute atomic E-state index is 0.118. The lowest BCUT2D eigenvalue weighted by Crippen LogP contribution is -2.45. The Morgan fingerprint density at radius 3 is 2.41 bits per heavy atom. The van der Waals surface area contributed by atoms with Gasteiger partial charge in [-0.15, -0.1) is 0 Å². The molecular weight excluding hydrogens is 366 g/mol. The van der Waals surface area contributed by atoms with Crippen LogP contribution in [-0.4, -0.2) is 76.0 Å². The van der Waals surface area contributed by atoms with E-state index in [-0.39, 0.29) is 11.6 Å². The molecule has 1 unspecified atom stereocenters. The van der Waals surface area contributed by atoms with Gasteiger partial charge >= 0.3 is 0 Å². The molecule has 0 saturated carbocycles. The van der Waals surface area contributed by atoms with E-state index in [2.05, 4.69) is 60.7 Å². The van der Waals surface area contributed by atoms with E-state index in [1.54, 1.807) is 7.11 Å². The van der Waals surface area contributed by atoms with Crippen LogP contribution in [0.3, 0.4) is 0 Å². The summed E-state index contributed by atoms with van der Waals surface area (Å²) in [7, 11) is 1.70. The second-order valence-corrected chi connectivity index (χ2v) is 8.26. The van der Waals surface area contributed by atoms with Crippen molar-refractivity contribution in [1.29, 1.82) is 0 Å². The van der Waals surface area contributed by atoms with Gasteiger partial charge in [0.1, 0.15) is 5.75 Å². The molecule has 7 heteroatoms. The van der Waals surface area contributed by atoms with E-state index in [1.165, 1.54) is 5.56 Å². The van der Waals surface area contributed by atoms with E-state index in [4.69, 9.17) is 14.5 Å². The molecule has 0 bridgehead atoms. The third kappa shape index (κ3) is 8.60. The molecule has 1 aliphatic rings. The monoisotopic (exact) mass is 405 g/mol. The summed E-state index contributed by atoms with van der Waals surface area (Å²) in [5.41, 5.74) is 1.37. The fourth-order valence-corrected chi connectivity index (χ4v) is 3.28. The van der Waals surface area contributed by atoms with Gasteiger partial charge in [0, 0.05) is 38.3 Å². The highest BCUT2D eigenvalue weighted by Gasteiger charge is 2.22. The molecule has 1 heterocycles. The van der Waals surface area contributed by atoms with Crippen molar-refractivity contribution in [3.8, 4) is 5.75 Å². The van der Waals surface area contributed by atoms with Gasteiger partial charge in [-0.3, -0.25) is 9.89 Å². The van der Waals surface area contributed by atoms with E-state index >= 15 is 0 Å². The van der Waals surface area contributed by atoms with Crippen LogP contribution >= 0.6 is 0 Å². The smallest absolute Gasteiger partial charge is 0.191 e. The molecule has 2 rings (SSSR count). The van der Waals surface area contributed by atoms with Crippen molar-refractivity contribution in [2.45, 2.75) is 39.3 Å². The quantitative estimate of drug-likeness (QED) is 0.332. The zero-order chi connectivity index (χ0) is 21.1. The molecule has 0 amide bonds. The number of morpholine rings is 1. The predicted octanol–water partition coefficient (Wildman–Crippen LogP) is 2.01. The largest absolute Gasteiger partial charge is 0.497 e. The number of aliphatic imine (C=N–C) groups is 1. The second-order valence-electron chi connectivity index (χ2n) is 8.26. The Balaban J connectivity index is 2.05. The second kappa shape index (κ2) is 12.0. The molecule has 0 radical (unpaired) electrons. The molecular formula is C22H39N5O2. The molecule has 1 aliphatic heterocycles. The lowest BCUT2D eigenvalue weighted by molar-refractivity contribution is 0.0179. The van der Waals surface area contributed by atoms with Crippen LogP contribution in [0.5, 0.6) is 5.75 Å². The van der Waals surface area contributed by atoms with Gasteiger partial charge in [-0.25, -0.2) is 0 Å². The highest BCUT2D eigenvalue weighted by molar-refractivity contribution is 5.79. The summed E-state index contributed by atoms with van der Waals surface area (Å²) < 4.78 is 10.9. The standard InChI is InChI=1S/C22H39N5O2/c1-6-23-21(24-11-12-26-22(2,3)4)25-17-20(27-13-15-29-16-14-27)18-7-9-19(28-5)10-8-18/h7-10,20,26H,6,11-17H2,1-5H3,(H2,23,24,25). The Morgan fingerprint density at radius 1 is 1.14 bits per heavy atom. The number of guanidine groups is 1. The number of hydrogen-bond acceptors (Lipinski definition) is 5. The van der Waals surface area contributed by atoms with E-state index in [9.17, 15) is 0 Å². The molecule has 1 saturated heterocycles. The Morgan fingerprint density at radius 2 is 1.83 bits per heavy atom. The van der Waals surface area contributed by atoms with Gasteiger partial charge in [0.2, 0.25) is 0 Å². The van der Waals surface area contributed by atoms with Crippen LogP contribution in [-0.2, 0) is 4.74 Å². The summed E-state index contributed by atoms with van der Waals surface area (Å²) in [5, 5.41) is 10.3. The topological polar surface area (TPSA) is 70.2 Å². The van der Waals surface area contributed by atoms with Crippen LogP contribution in [0.15, 0.2) is 29.3 Å². The molecule has 0 aromatic heterocycles. The highest BCUT2D eigenvalue weighted by atomic mass is 16.5. The van der Waals surface area contributed by atoms with Crippen molar-refractivity contribution in [3.63, 3.8) is 0 Å². The van der Waals surface area contributed by atoms with Crippen molar-refractivity contribution < 1.29 is 9.47 Å². The van der Waals surface area contributed by atoms with Crippen molar-refractivity contribution in [2.75, 3.05) is 59.6 Å². The maximum Gasteiger partial charge on any atom is 0.191 e. The molecule has 1 fully saturated rings. The maximum atomic E-state index is 5.55. The van der Waals surface area contributed by atoms with Crippen LogP contribution in [0.1, 0.15) is 39.3 Å². The Kier molecular flexibility index (Phi) is 9.70. The van der Waals surface area contributed by atoms with Crippen LogP contribution in [0.4, 0.5) is 0 Å². The van der Waals surface area contributed by atoms with Crippen LogP contribution < -0.4 is 20.7 Å². The minimum atomic E-state index is 0.118. The molecule has 164 valence electrons. The number of ether oxygens (including phenoxy) is 2. The van der Waals surface area contributed by atoms with E-state index < -0.39 is 0 Å². The molecule has 0 aliphatic carbocycles. The number of nitrogens with one attached hydrogen (secondary N) is 3.